The lowest BCUT2D eigenvalue weighted by Gasteiger charge is -2.16. The van der Waals surface area contributed by atoms with E-state index in [-0.39, 0.29) is 42.3 Å². The van der Waals surface area contributed by atoms with Crippen LogP contribution in [-0.2, 0) is 25.7 Å². The van der Waals surface area contributed by atoms with Gasteiger partial charge in [0.25, 0.3) is 0 Å². The van der Waals surface area contributed by atoms with Crippen molar-refractivity contribution in [1.29, 1.82) is 0 Å². The van der Waals surface area contributed by atoms with E-state index in [9.17, 15) is 20.4 Å². The van der Waals surface area contributed by atoms with E-state index in [1.54, 1.807) is 153 Å². The highest BCUT2D eigenvalue weighted by Crippen LogP contribution is 2.41. The summed E-state index contributed by atoms with van der Waals surface area (Å²) in [5.74, 6) is -0.131. The highest BCUT2D eigenvalue weighted by atomic mass is 35.5. The molecule has 16 heteroatoms. The van der Waals surface area contributed by atoms with Crippen LogP contribution >= 0.6 is 46.4 Å². The maximum absolute atomic E-state index is 12.2. The van der Waals surface area contributed by atoms with Gasteiger partial charge in [0.05, 0.1) is 45.5 Å². The van der Waals surface area contributed by atoms with Crippen molar-refractivity contribution in [2.24, 2.45) is 40.9 Å². The largest absolute Gasteiger partial charge is 0.507 e. The molecule has 0 unspecified atom stereocenters. The third-order valence-corrected chi connectivity index (χ3v) is 12.1. The zero-order valence-electron chi connectivity index (χ0n) is 37.6. The molecule has 0 saturated heterocycles. The molecule has 0 heterocycles. The zero-order valence-corrected chi connectivity index (χ0v) is 40.6. The third-order valence-electron chi connectivity index (χ3n) is 11.1. The van der Waals surface area contributed by atoms with Crippen molar-refractivity contribution in [3.05, 3.63) is 210 Å². The van der Waals surface area contributed by atoms with Crippen molar-refractivity contribution >= 4 is 91.9 Å². The summed E-state index contributed by atoms with van der Waals surface area (Å²) in [7, 11) is 0. The van der Waals surface area contributed by atoms with Crippen LogP contribution in [0, 0.1) is 6.92 Å². The van der Waals surface area contributed by atoms with E-state index >= 15 is 0 Å². The van der Waals surface area contributed by atoms with E-state index in [1.807, 2.05) is 6.92 Å². The van der Waals surface area contributed by atoms with E-state index in [2.05, 4.69) is 40.9 Å². The number of nitrogens with zero attached hydrogens (tertiary/aromatic N) is 8. The summed E-state index contributed by atoms with van der Waals surface area (Å²) in [5.41, 5.74) is 7.73. The van der Waals surface area contributed by atoms with Gasteiger partial charge in [0.15, 0.2) is 0 Å². The van der Waals surface area contributed by atoms with Gasteiger partial charge in [-0.25, -0.2) is 0 Å². The summed E-state index contributed by atoms with van der Waals surface area (Å²) in [4.78, 5) is 0. The Labute approximate surface area is 423 Å². The van der Waals surface area contributed by atoms with Crippen molar-refractivity contribution in [2.45, 2.75) is 39.5 Å². The lowest BCUT2D eigenvalue weighted by Crippen LogP contribution is -1.99. The van der Waals surface area contributed by atoms with Crippen molar-refractivity contribution in [3.63, 3.8) is 0 Å². The van der Waals surface area contributed by atoms with Gasteiger partial charge >= 0.3 is 0 Å². The normalized spacial score (nSPS) is 11.8. The molecule has 0 aromatic heterocycles. The van der Waals surface area contributed by atoms with Gasteiger partial charge in [-0.3, -0.25) is 0 Å². The first-order valence-electron chi connectivity index (χ1n) is 21.8. The van der Waals surface area contributed by atoms with Crippen LogP contribution < -0.4 is 0 Å². The van der Waals surface area contributed by atoms with E-state index in [4.69, 9.17) is 46.4 Å². The molecule has 0 fully saturated rings. The van der Waals surface area contributed by atoms with Gasteiger partial charge in [-0.05, 0) is 170 Å². The van der Waals surface area contributed by atoms with Crippen LogP contribution in [0.5, 0.6) is 23.0 Å². The van der Waals surface area contributed by atoms with Gasteiger partial charge in [0.2, 0.25) is 0 Å². The molecule has 350 valence electrons. The van der Waals surface area contributed by atoms with Gasteiger partial charge < -0.3 is 20.4 Å². The van der Waals surface area contributed by atoms with Crippen molar-refractivity contribution in [3.8, 4) is 23.0 Å². The second-order valence-electron chi connectivity index (χ2n) is 16.2. The number of hydrogen-bond donors (Lipinski definition) is 4. The fraction of sp³-hybridized carbons (Fsp3) is 0.111. The SMILES string of the molecule is CCc1cc(N=Nc2ccc(Cl)cc2)cc(Cc2cc(N=Nc3ccc(Cl)cc3)cc(Cc3cc(N=Nc4ccc(Cl)cc4)cc(Cc4cc(N=Nc5ccc(Cl)cc5)cc(C)c4O)c3O)c2O)c1O. The quantitative estimate of drug-likeness (QED) is 0.0747. The molecular formula is C54H42Cl4N8O4. The Bertz CT molecular complexity index is 3310. The minimum atomic E-state index is -0.103. The molecule has 0 aliphatic rings. The molecular weight excluding hydrogens is 966 g/mol. The van der Waals surface area contributed by atoms with Crippen LogP contribution in [0.2, 0.25) is 20.1 Å². The fourth-order valence-corrected chi connectivity index (χ4v) is 7.98. The average Bonchev–Trinajstić information content (AvgIpc) is 3.35. The number of aromatic hydroxyl groups is 4. The lowest BCUT2D eigenvalue weighted by atomic mass is 9.92. The number of rotatable bonds is 15. The maximum atomic E-state index is 12.2. The number of aryl methyl sites for hydroxylation is 2. The molecule has 0 spiro atoms. The molecule has 12 nitrogen and oxygen atoms in total. The Kier molecular flexibility index (Phi) is 15.6. The van der Waals surface area contributed by atoms with E-state index < -0.39 is 0 Å². The Morgan fingerprint density at radius 2 is 0.514 bits per heavy atom. The number of phenols is 4. The molecule has 0 aliphatic heterocycles. The highest BCUT2D eigenvalue weighted by Gasteiger charge is 2.20. The van der Waals surface area contributed by atoms with Gasteiger partial charge in [-0.1, -0.05) is 53.3 Å². The number of azo groups is 4. The molecule has 0 radical (unpaired) electrons. The molecule has 0 saturated carbocycles. The summed E-state index contributed by atoms with van der Waals surface area (Å²) in [6.45, 7) is 3.67. The third kappa shape index (κ3) is 12.6. The fourth-order valence-electron chi connectivity index (χ4n) is 7.47. The number of halogens is 4. The number of phenolic OH excluding ortho intramolecular Hbond substituents is 4. The highest BCUT2D eigenvalue weighted by molar-refractivity contribution is 6.31. The predicted octanol–water partition coefficient (Wildman–Crippen LogP) is 18.4. The first-order valence-corrected chi connectivity index (χ1v) is 23.3. The zero-order chi connectivity index (χ0) is 49.3. The van der Waals surface area contributed by atoms with Gasteiger partial charge in [0, 0.05) is 72.7 Å². The molecule has 8 aromatic carbocycles. The van der Waals surface area contributed by atoms with Crippen LogP contribution in [0.1, 0.15) is 51.4 Å². The Morgan fingerprint density at radius 1 is 0.300 bits per heavy atom. The molecule has 0 aliphatic carbocycles. The predicted molar refractivity (Wildman–Crippen MR) is 277 cm³/mol. The minimum absolute atomic E-state index is 0.0191. The molecule has 70 heavy (non-hydrogen) atoms. The Morgan fingerprint density at radius 3 is 0.786 bits per heavy atom. The van der Waals surface area contributed by atoms with E-state index in [1.165, 1.54) is 0 Å². The van der Waals surface area contributed by atoms with Crippen LogP contribution in [0.25, 0.3) is 0 Å². The first-order chi connectivity index (χ1) is 33.8. The molecule has 0 bridgehead atoms. The second kappa shape index (κ2) is 22.3. The Hall–Kier alpha value is -7.48. The van der Waals surface area contributed by atoms with Gasteiger partial charge in [-0.2, -0.15) is 40.9 Å². The first kappa shape index (κ1) is 49.0. The minimum Gasteiger partial charge on any atom is -0.507 e. The van der Waals surface area contributed by atoms with Crippen LogP contribution in [0.15, 0.2) is 187 Å². The van der Waals surface area contributed by atoms with Crippen molar-refractivity contribution < 1.29 is 20.4 Å². The van der Waals surface area contributed by atoms with Crippen LogP contribution in [0.4, 0.5) is 45.5 Å². The van der Waals surface area contributed by atoms with Crippen molar-refractivity contribution in [1.82, 2.24) is 0 Å². The van der Waals surface area contributed by atoms with Crippen LogP contribution in [-0.4, -0.2) is 20.4 Å². The molecule has 0 amide bonds. The van der Waals surface area contributed by atoms with E-state index in [0.29, 0.717) is 117 Å². The van der Waals surface area contributed by atoms with Crippen molar-refractivity contribution in [2.75, 3.05) is 0 Å². The number of benzene rings is 8. The summed E-state index contributed by atoms with van der Waals surface area (Å²) < 4.78 is 0. The summed E-state index contributed by atoms with van der Waals surface area (Å²) in [5, 5.41) is 85.0. The maximum Gasteiger partial charge on any atom is 0.122 e. The Balaban J connectivity index is 1.20. The molecule has 4 N–H and O–H groups in total. The smallest absolute Gasteiger partial charge is 0.122 e. The van der Waals surface area contributed by atoms with Gasteiger partial charge in [-0.15, -0.1) is 0 Å². The number of hydrogen-bond acceptors (Lipinski definition) is 12. The molecule has 0 atom stereocenters. The molecule has 8 aromatic rings. The monoisotopic (exact) mass is 1010 g/mol. The topological polar surface area (TPSA) is 180 Å². The van der Waals surface area contributed by atoms with Gasteiger partial charge in [0.1, 0.15) is 23.0 Å². The second-order valence-corrected chi connectivity index (χ2v) is 17.9. The summed E-state index contributed by atoms with van der Waals surface area (Å²) in [6, 6.07) is 41.2. The van der Waals surface area contributed by atoms with Crippen LogP contribution in [0.3, 0.4) is 0 Å². The summed E-state index contributed by atoms with van der Waals surface area (Å²) in [6.07, 6.45) is 0.590. The van der Waals surface area contributed by atoms with E-state index in [0.717, 1.165) is 0 Å². The summed E-state index contributed by atoms with van der Waals surface area (Å²) >= 11 is 24.4. The molecule has 8 rings (SSSR count). The standard InChI is InChI=1S/C54H42Cl4N8O4/c1-3-32-24-48(64-60-44-14-6-40(56)7-15-44)26-34(52(32)68)22-36-28-50(66-62-46-18-10-42(58)11-19-46)30-38(54(36)70)23-37-29-49(65-61-45-16-8-41(57)9-17-45)27-35(53(37)69)21-33-25-47(20-31(2)51(33)67)63-59-43-12-4-39(55)5-13-43/h4-20,24-30,67-70H,3,21-23H2,1-2H3. The average molecular weight is 1010 g/mol. The lowest BCUT2D eigenvalue weighted by molar-refractivity contribution is 0.453.